The zero-order valence-electron chi connectivity index (χ0n) is 14.6. The molecule has 0 spiro atoms. The van der Waals surface area contributed by atoms with Crippen molar-refractivity contribution in [2.45, 2.75) is 25.7 Å². The molecule has 0 unspecified atom stereocenters. The number of amides is 1. The van der Waals surface area contributed by atoms with Crippen molar-refractivity contribution in [3.63, 3.8) is 0 Å². The van der Waals surface area contributed by atoms with Crippen LogP contribution in [-0.2, 0) is 24.1 Å². The number of hydrogen-bond acceptors (Lipinski definition) is 4. The second kappa shape index (κ2) is 7.30. The highest BCUT2D eigenvalue weighted by molar-refractivity contribution is 7.16. The van der Waals surface area contributed by atoms with E-state index in [1.807, 2.05) is 30.3 Å². The smallest absolute Gasteiger partial charge is 0.226 e. The van der Waals surface area contributed by atoms with E-state index in [-0.39, 0.29) is 5.91 Å². The number of thiazole rings is 1. The van der Waals surface area contributed by atoms with Gasteiger partial charge in [-0.1, -0.05) is 36.4 Å². The molecule has 1 amide bonds. The maximum absolute atomic E-state index is 12.3. The fourth-order valence-electron chi connectivity index (χ4n) is 3.23. The van der Waals surface area contributed by atoms with Crippen LogP contribution in [0.1, 0.15) is 22.4 Å². The van der Waals surface area contributed by atoms with Crippen LogP contribution in [0.5, 0.6) is 5.75 Å². The Morgan fingerprint density at radius 2 is 1.96 bits per heavy atom. The molecule has 4 rings (SSSR count). The third kappa shape index (κ3) is 3.48. The summed E-state index contributed by atoms with van der Waals surface area (Å²) >= 11 is 1.59. The van der Waals surface area contributed by atoms with E-state index in [4.69, 9.17) is 4.74 Å². The first kappa shape index (κ1) is 16.8. The Labute approximate surface area is 156 Å². The van der Waals surface area contributed by atoms with Crippen LogP contribution in [0.3, 0.4) is 0 Å². The molecule has 2 aromatic carbocycles. The highest BCUT2D eigenvalue weighted by Gasteiger charge is 2.21. The molecular weight excluding hydrogens is 344 g/mol. The van der Waals surface area contributed by atoms with Gasteiger partial charge in [-0.2, -0.15) is 0 Å². The first-order chi connectivity index (χ1) is 12.7. The van der Waals surface area contributed by atoms with Crippen LogP contribution < -0.4 is 10.1 Å². The van der Waals surface area contributed by atoms with Crippen molar-refractivity contribution in [3.05, 3.63) is 64.5 Å². The second-order valence-electron chi connectivity index (χ2n) is 6.34. The predicted molar refractivity (Wildman–Crippen MR) is 105 cm³/mol. The molecule has 0 atom stereocenters. The van der Waals surface area contributed by atoms with Crippen LogP contribution in [-0.4, -0.2) is 18.0 Å². The number of methoxy groups -OCH3 is 1. The largest absolute Gasteiger partial charge is 0.497 e. The zero-order chi connectivity index (χ0) is 17.9. The summed E-state index contributed by atoms with van der Waals surface area (Å²) in [5, 5.41) is 3.67. The average molecular weight is 364 g/mol. The Balaban J connectivity index is 1.40. The normalized spacial score (nSPS) is 12.2. The summed E-state index contributed by atoms with van der Waals surface area (Å²) in [5.74, 6) is 0.826. The van der Waals surface area contributed by atoms with E-state index in [0.717, 1.165) is 29.8 Å². The van der Waals surface area contributed by atoms with Gasteiger partial charge in [0.05, 0.1) is 12.8 Å². The lowest BCUT2D eigenvalue weighted by molar-refractivity contribution is -0.116. The minimum atomic E-state index is 0.000185. The number of carbonyl (C=O) groups excluding carboxylic acids is 1. The van der Waals surface area contributed by atoms with E-state index in [1.165, 1.54) is 16.0 Å². The number of nitrogens with one attached hydrogen (secondary N) is 1. The van der Waals surface area contributed by atoms with Crippen molar-refractivity contribution in [1.82, 2.24) is 4.98 Å². The van der Waals surface area contributed by atoms with Gasteiger partial charge in [0.2, 0.25) is 5.91 Å². The van der Waals surface area contributed by atoms with Gasteiger partial charge in [0, 0.05) is 16.9 Å². The molecule has 4 nitrogen and oxygen atoms in total. The molecule has 0 saturated heterocycles. The van der Waals surface area contributed by atoms with Crippen LogP contribution in [0, 0.1) is 0 Å². The Hall–Kier alpha value is -2.66. The lowest BCUT2D eigenvalue weighted by Crippen LogP contribution is -2.12. The summed E-state index contributed by atoms with van der Waals surface area (Å²) in [5.41, 5.74) is 4.68. The van der Waals surface area contributed by atoms with Crippen molar-refractivity contribution in [1.29, 1.82) is 0 Å². The molecule has 1 N–H and O–H groups in total. The molecule has 132 valence electrons. The number of fused-ring (bicyclic) bond motifs is 3. The fraction of sp³-hybridized carbons (Fsp3) is 0.238. The van der Waals surface area contributed by atoms with Crippen LogP contribution >= 0.6 is 11.3 Å². The molecule has 0 aliphatic heterocycles. The van der Waals surface area contributed by atoms with E-state index < -0.39 is 0 Å². The number of ether oxygens (including phenoxy) is 1. The Morgan fingerprint density at radius 3 is 2.77 bits per heavy atom. The van der Waals surface area contributed by atoms with Gasteiger partial charge in [0.25, 0.3) is 0 Å². The molecule has 1 aliphatic rings. The molecule has 0 fully saturated rings. The molecule has 26 heavy (non-hydrogen) atoms. The minimum Gasteiger partial charge on any atom is -0.497 e. The summed E-state index contributed by atoms with van der Waals surface area (Å²) in [6.45, 7) is 0. The summed E-state index contributed by atoms with van der Waals surface area (Å²) in [4.78, 5) is 18.2. The number of carbonyl (C=O) groups is 1. The van der Waals surface area contributed by atoms with E-state index in [1.54, 1.807) is 18.4 Å². The Kier molecular flexibility index (Phi) is 4.71. The molecule has 1 aliphatic carbocycles. The van der Waals surface area contributed by atoms with E-state index >= 15 is 0 Å². The van der Waals surface area contributed by atoms with Gasteiger partial charge in [-0.15, -0.1) is 11.3 Å². The molecule has 0 radical (unpaired) electrons. The lowest BCUT2D eigenvalue weighted by Gasteiger charge is -2.13. The number of aryl methyl sites for hydroxylation is 3. The predicted octanol–water partition coefficient (Wildman–Crippen LogP) is 4.49. The topological polar surface area (TPSA) is 51.2 Å². The van der Waals surface area contributed by atoms with Gasteiger partial charge in [0.1, 0.15) is 5.75 Å². The number of rotatable bonds is 5. The molecule has 1 heterocycles. The molecule has 5 heteroatoms. The second-order valence-corrected chi connectivity index (χ2v) is 7.43. The highest BCUT2D eigenvalue weighted by atomic mass is 32.1. The standard InChI is InChI=1S/C21H20N2O2S/c1-25-16-10-6-14(7-11-16)8-13-19(24)22-21-23-20-17-5-3-2-4-15(17)9-12-18(20)26-21/h2-7,10-11H,8-9,12-13H2,1H3,(H,22,23,24). The monoisotopic (exact) mass is 364 g/mol. The van der Waals surface area contributed by atoms with Crippen LogP contribution in [0.4, 0.5) is 5.13 Å². The summed E-state index contributed by atoms with van der Waals surface area (Å²) in [6, 6.07) is 16.2. The summed E-state index contributed by atoms with van der Waals surface area (Å²) in [6.07, 6.45) is 3.17. The number of hydrogen-bond donors (Lipinski definition) is 1. The Bertz CT molecular complexity index is 931. The quantitative estimate of drug-likeness (QED) is 0.726. The highest BCUT2D eigenvalue weighted by Crippen LogP contribution is 2.37. The van der Waals surface area contributed by atoms with E-state index in [0.29, 0.717) is 18.0 Å². The van der Waals surface area contributed by atoms with Gasteiger partial charge >= 0.3 is 0 Å². The van der Waals surface area contributed by atoms with E-state index in [2.05, 4.69) is 28.5 Å². The van der Waals surface area contributed by atoms with Crippen LogP contribution in [0.25, 0.3) is 11.3 Å². The minimum absolute atomic E-state index is 0.000185. The van der Waals surface area contributed by atoms with Crippen molar-refractivity contribution in [2.24, 2.45) is 0 Å². The van der Waals surface area contributed by atoms with Crippen LogP contribution in [0.2, 0.25) is 0 Å². The maximum Gasteiger partial charge on any atom is 0.226 e. The molecular formula is C21H20N2O2S. The van der Waals surface area contributed by atoms with Gasteiger partial charge in [-0.3, -0.25) is 4.79 Å². The first-order valence-electron chi connectivity index (χ1n) is 8.73. The Morgan fingerprint density at radius 1 is 1.15 bits per heavy atom. The summed E-state index contributed by atoms with van der Waals surface area (Å²) < 4.78 is 5.15. The molecule has 1 aromatic heterocycles. The first-order valence-corrected chi connectivity index (χ1v) is 9.55. The maximum atomic E-state index is 12.3. The van der Waals surface area contributed by atoms with Crippen molar-refractivity contribution in [3.8, 4) is 17.0 Å². The van der Waals surface area contributed by atoms with Crippen molar-refractivity contribution < 1.29 is 9.53 Å². The SMILES string of the molecule is COc1ccc(CCC(=O)Nc2nc3c(s2)CCc2ccccc2-3)cc1. The summed E-state index contributed by atoms with van der Waals surface area (Å²) in [7, 11) is 1.65. The van der Waals surface area contributed by atoms with Gasteiger partial charge in [0.15, 0.2) is 5.13 Å². The van der Waals surface area contributed by atoms with Crippen molar-refractivity contribution in [2.75, 3.05) is 12.4 Å². The van der Waals surface area contributed by atoms with Crippen LogP contribution in [0.15, 0.2) is 48.5 Å². The third-order valence-corrected chi connectivity index (χ3v) is 5.67. The number of benzene rings is 2. The fourth-order valence-corrected chi connectivity index (χ4v) is 4.23. The number of nitrogens with zero attached hydrogens (tertiary/aromatic N) is 1. The average Bonchev–Trinajstić information content (AvgIpc) is 3.09. The third-order valence-electron chi connectivity index (χ3n) is 4.64. The molecule has 0 bridgehead atoms. The molecule has 3 aromatic rings. The zero-order valence-corrected chi connectivity index (χ0v) is 15.4. The van der Waals surface area contributed by atoms with Gasteiger partial charge in [-0.05, 0) is 42.5 Å². The number of aromatic nitrogens is 1. The van der Waals surface area contributed by atoms with E-state index in [9.17, 15) is 4.79 Å². The van der Waals surface area contributed by atoms with Crippen molar-refractivity contribution >= 4 is 22.4 Å². The van der Waals surface area contributed by atoms with Gasteiger partial charge < -0.3 is 10.1 Å². The molecule has 0 saturated carbocycles. The number of anilines is 1. The lowest BCUT2D eigenvalue weighted by atomic mass is 9.94. The van der Waals surface area contributed by atoms with Gasteiger partial charge in [-0.25, -0.2) is 4.98 Å².